The smallest absolute Gasteiger partial charge is 0.278 e. The maximum absolute atomic E-state index is 12.8. The van der Waals surface area contributed by atoms with E-state index in [1.807, 2.05) is 0 Å². The zero-order valence-corrected chi connectivity index (χ0v) is 17.9. The van der Waals surface area contributed by atoms with E-state index < -0.39 is 23.3 Å². The van der Waals surface area contributed by atoms with Crippen molar-refractivity contribution in [3.63, 3.8) is 0 Å². The number of hydrogen-bond donors (Lipinski definition) is 4. The minimum atomic E-state index is -1.94. The monoisotopic (exact) mass is 425 g/mol. The van der Waals surface area contributed by atoms with Gasteiger partial charge in [0.25, 0.3) is 17.7 Å². The van der Waals surface area contributed by atoms with E-state index in [1.54, 1.807) is 24.3 Å². The van der Waals surface area contributed by atoms with Crippen molar-refractivity contribution in [2.45, 2.75) is 31.7 Å². The zero-order chi connectivity index (χ0) is 23.0. The molecule has 1 fully saturated rings. The summed E-state index contributed by atoms with van der Waals surface area (Å²) in [5, 5.41) is 20.5. The molecule has 0 radical (unpaired) electrons. The molecule has 1 aliphatic rings. The van der Waals surface area contributed by atoms with Gasteiger partial charge in [0.05, 0.1) is 0 Å². The number of amides is 3. The van der Waals surface area contributed by atoms with Crippen molar-refractivity contribution in [1.82, 2.24) is 15.7 Å². The molecule has 0 saturated heterocycles. The quantitative estimate of drug-likeness (QED) is 0.238. The Hall–Kier alpha value is -3.33. The highest BCUT2D eigenvalue weighted by Crippen LogP contribution is 2.29. The molecule has 0 spiro atoms. The van der Waals surface area contributed by atoms with E-state index in [0.717, 1.165) is 24.2 Å². The van der Waals surface area contributed by atoms with Gasteiger partial charge in [-0.2, -0.15) is 0 Å². The van der Waals surface area contributed by atoms with Gasteiger partial charge in [0.2, 0.25) is 0 Å². The maximum atomic E-state index is 12.8. The van der Waals surface area contributed by atoms with Gasteiger partial charge in [-0.1, -0.05) is 11.8 Å². The standard InChI is InChI=1S/C23H27N3O5/c1-23(21(29)24-2,22(30)25-31)26(3)20(28)19-12-10-16(11-13-19)6-4-5-7-17-8-9-18(14-17)15-27/h10-13,17-18,27,31H,8-9,14-15H2,1-3H3,(H,24,29)(H,25,30). The fourth-order valence-electron chi connectivity index (χ4n) is 3.47. The van der Waals surface area contributed by atoms with Crippen LogP contribution in [0.2, 0.25) is 0 Å². The number of aliphatic hydroxyl groups excluding tert-OH is 1. The third-order valence-electron chi connectivity index (χ3n) is 5.67. The molecule has 0 aromatic heterocycles. The van der Waals surface area contributed by atoms with Crippen molar-refractivity contribution < 1.29 is 24.7 Å². The van der Waals surface area contributed by atoms with Crippen LogP contribution < -0.4 is 10.8 Å². The zero-order valence-electron chi connectivity index (χ0n) is 17.9. The Labute approximate surface area is 182 Å². The van der Waals surface area contributed by atoms with Crippen LogP contribution in [0.25, 0.3) is 0 Å². The van der Waals surface area contributed by atoms with E-state index in [0.29, 0.717) is 11.5 Å². The summed E-state index contributed by atoms with van der Waals surface area (Å²) in [6, 6.07) is 6.38. The molecular weight excluding hydrogens is 398 g/mol. The first-order valence-electron chi connectivity index (χ1n) is 9.95. The fourth-order valence-corrected chi connectivity index (χ4v) is 3.47. The lowest BCUT2D eigenvalue weighted by molar-refractivity contribution is -0.148. The van der Waals surface area contributed by atoms with Crippen LogP contribution in [-0.4, -0.2) is 59.2 Å². The van der Waals surface area contributed by atoms with Gasteiger partial charge in [0.1, 0.15) is 0 Å². The van der Waals surface area contributed by atoms with Crippen molar-refractivity contribution >= 4 is 17.7 Å². The summed E-state index contributed by atoms with van der Waals surface area (Å²) in [4.78, 5) is 38.1. The van der Waals surface area contributed by atoms with Gasteiger partial charge in [-0.25, -0.2) is 5.48 Å². The predicted molar refractivity (Wildman–Crippen MR) is 114 cm³/mol. The molecule has 1 aromatic rings. The molecule has 0 aliphatic heterocycles. The largest absolute Gasteiger partial charge is 0.396 e. The van der Waals surface area contributed by atoms with Crippen molar-refractivity contribution in [3.8, 4) is 23.7 Å². The Kier molecular flexibility index (Phi) is 8.21. The molecule has 4 N–H and O–H groups in total. The Morgan fingerprint density at radius 2 is 1.84 bits per heavy atom. The Morgan fingerprint density at radius 3 is 2.39 bits per heavy atom. The van der Waals surface area contributed by atoms with Crippen LogP contribution in [0, 0.1) is 35.5 Å². The van der Waals surface area contributed by atoms with Gasteiger partial charge in [0, 0.05) is 37.7 Å². The maximum Gasteiger partial charge on any atom is 0.278 e. The van der Waals surface area contributed by atoms with Crippen molar-refractivity contribution in [1.29, 1.82) is 0 Å². The van der Waals surface area contributed by atoms with Crippen molar-refractivity contribution in [2.75, 3.05) is 20.7 Å². The molecule has 1 saturated carbocycles. The number of benzene rings is 1. The Balaban J connectivity index is 2.10. The molecule has 3 unspecified atom stereocenters. The summed E-state index contributed by atoms with van der Waals surface area (Å²) >= 11 is 0. The Bertz CT molecular complexity index is 933. The van der Waals surface area contributed by atoms with Crippen LogP contribution in [0.1, 0.15) is 42.1 Å². The second kappa shape index (κ2) is 10.6. The minimum absolute atomic E-state index is 0.205. The first-order valence-corrected chi connectivity index (χ1v) is 9.95. The highest BCUT2D eigenvalue weighted by Gasteiger charge is 2.47. The molecule has 164 valence electrons. The van der Waals surface area contributed by atoms with Gasteiger partial charge in [0.15, 0.2) is 5.54 Å². The molecule has 3 atom stereocenters. The van der Waals surface area contributed by atoms with Crippen LogP contribution in [0.5, 0.6) is 0 Å². The second-order valence-corrected chi connectivity index (χ2v) is 7.61. The van der Waals surface area contributed by atoms with Gasteiger partial charge in [-0.3, -0.25) is 19.6 Å². The lowest BCUT2D eigenvalue weighted by atomic mass is 9.96. The first-order chi connectivity index (χ1) is 14.8. The number of hydroxylamine groups is 1. The van der Waals surface area contributed by atoms with Crippen LogP contribution in [0.15, 0.2) is 24.3 Å². The summed E-state index contributed by atoms with van der Waals surface area (Å²) in [6.45, 7) is 1.44. The van der Waals surface area contributed by atoms with Crippen LogP contribution in [0.4, 0.5) is 0 Å². The van der Waals surface area contributed by atoms with Gasteiger partial charge < -0.3 is 15.3 Å². The van der Waals surface area contributed by atoms with E-state index in [4.69, 9.17) is 10.3 Å². The van der Waals surface area contributed by atoms with E-state index in [9.17, 15) is 14.4 Å². The summed E-state index contributed by atoms with van der Waals surface area (Å²) in [5.74, 6) is 9.94. The second-order valence-electron chi connectivity index (χ2n) is 7.61. The molecule has 1 aliphatic carbocycles. The third kappa shape index (κ3) is 5.43. The van der Waals surface area contributed by atoms with Gasteiger partial charge in [-0.05, 0) is 68.2 Å². The molecule has 3 amide bonds. The van der Waals surface area contributed by atoms with E-state index >= 15 is 0 Å². The lowest BCUT2D eigenvalue weighted by Gasteiger charge is -2.34. The molecule has 1 aromatic carbocycles. The molecule has 31 heavy (non-hydrogen) atoms. The van der Waals surface area contributed by atoms with Crippen molar-refractivity contribution in [3.05, 3.63) is 35.4 Å². The average molecular weight is 425 g/mol. The Morgan fingerprint density at radius 1 is 1.16 bits per heavy atom. The molecule has 2 rings (SSSR count). The van der Waals surface area contributed by atoms with Crippen LogP contribution in [-0.2, 0) is 9.59 Å². The number of carbonyl (C=O) groups is 3. The number of likely N-dealkylation sites (N-methyl/N-ethyl adjacent to an activating group) is 2. The topological polar surface area (TPSA) is 119 Å². The number of nitrogens with zero attached hydrogens (tertiary/aromatic N) is 1. The normalized spacial score (nSPS) is 19.0. The highest BCUT2D eigenvalue weighted by molar-refractivity contribution is 6.12. The summed E-state index contributed by atoms with van der Waals surface area (Å²) < 4.78 is 0. The fraction of sp³-hybridized carbons (Fsp3) is 0.435. The third-order valence-corrected chi connectivity index (χ3v) is 5.67. The van der Waals surface area contributed by atoms with E-state index in [2.05, 4.69) is 29.0 Å². The first kappa shape index (κ1) is 23.9. The molecule has 0 bridgehead atoms. The van der Waals surface area contributed by atoms with E-state index in [-0.39, 0.29) is 18.1 Å². The van der Waals surface area contributed by atoms with Crippen LogP contribution >= 0.6 is 0 Å². The molecule has 0 heterocycles. The summed E-state index contributed by atoms with van der Waals surface area (Å²) in [5.41, 5.74) is 0.407. The predicted octanol–water partition coefficient (Wildman–Crippen LogP) is 0.532. The molecule has 8 heteroatoms. The number of carbonyl (C=O) groups excluding carboxylic acids is 3. The van der Waals surface area contributed by atoms with Crippen molar-refractivity contribution in [2.24, 2.45) is 11.8 Å². The van der Waals surface area contributed by atoms with Crippen LogP contribution in [0.3, 0.4) is 0 Å². The number of aliphatic hydroxyl groups is 1. The highest BCUT2D eigenvalue weighted by atomic mass is 16.5. The van der Waals surface area contributed by atoms with Gasteiger partial charge in [-0.15, -0.1) is 0 Å². The summed E-state index contributed by atoms with van der Waals surface area (Å²) in [7, 11) is 2.64. The van der Waals surface area contributed by atoms with Gasteiger partial charge >= 0.3 is 0 Å². The average Bonchev–Trinajstić information content (AvgIpc) is 3.27. The number of nitrogens with one attached hydrogen (secondary N) is 2. The minimum Gasteiger partial charge on any atom is -0.396 e. The SMILES string of the molecule is CNC(=O)C(C)(C(=O)NO)N(C)C(=O)c1ccc(C#CC#CC2CCC(CO)C2)cc1. The van der Waals surface area contributed by atoms with E-state index in [1.165, 1.54) is 26.5 Å². The summed E-state index contributed by atoms with van der Waals surface area (Å²) in [6.07, 6.45) is 2.87. The number of rotatable bonds is 5. The molecular formula is C23H27N3O5. The number of hydrogen-bond acceptors (Lipinski definition) is 5. The molecule has 8 nitrogen and oxygen atoms in total. The lowest BCUT2D eigenvalue weighted by Crippen LogP contribution is -2.64.